The third-order valence-corrected chi connectivity index (χ3v) is 8.70. The molecule has 2 aliphatic heterocycles. The van der Waals surface area contributed by atoms with Crippen molar-refractivity contribution >= 4 is 29.9 Å². The third-order valence-electron chi connectivity index (χ3n) is 8.70. The third kappa shape index (κ3) is 7.81. The highest BCUT2D eigenvalue weighted by Crippen LogP contribution is 2.65. The predicted molar refractivity (Wildman–Crippen MR) is 161 cm³/mol. The summed E-state index contributed by atoms with van der Waals surface area (Å²) in [5.41, 5.74) is 2.50. The summed E-state index contributed by atoms with van der Waals surface area (Å²) in [6, 6.07) is 7.46. The van der Waals surface area contributed by atoms with Gasteiger partial charge in [-0.2, -0.15) is 0 Å². The van der Waals surface area contributed by atoms with Crippen LogP contribution in [-0.2, 0) is 30.5 Å². The van der Waals surface area contributed by atoms with Crippen LogP contribution >= 0.6 is 0 Å². The zero-order chi connectivity index (χ0) is 32.4. The Balaban J connectivity index is 1.51. The van der Waals surface area contributed by atoms with E-state index in [1.54, 1.807) is 20.8 Å². The van der Waals surface area contributed by atoms with Gasteiger partial charge in [-0.25, -0.2) is 14.6 Å². The van der Waals surface area contributed by atoms with Crippen LogP contribution < -0.4 is 16.1 Å². The van der Waals surface area contributed by atoms with Gasteiger partial charge in [0.25, 0.3) is 5.91 Å². The van der Waals surface area contributed by atoms with E-state index in [1.165, 1.54) is 4.90 Å². The lowest BCUT2D eigenvalue weighted by atomic mass is 9.98. The number of benzene rings is 1. The molecule has 5 atom stereocenters. The van der Waals surface area contributed by atoms with Crippen molar-refractivity contribution < 1.29 is 33.4 Å². The number of nitrogens with zero attached hydrogens (tertiary/aromatic N) is 2. The van der Waals surface area contributed by atoms with Gasteiger partial charge < -0.3 is 25.0 Å². The topological polar surface area (TPSA) is 146 Å². The molecule has 44 heavy (non-hydrogen) atoms. The first kappa shape index (κ1) is 33.1. The number of fused-ring (bicyclic) bond motifs is 1. The number of carbonyl (C=O) groups is 5. The van der Waals surface area contributed by atoms with Crippen LogP contribution in [-0.4, -0.2) is 77.1 Å². The number of hydrogen-bond donors (Lipinski definition) is 3. The minimum absolute atomic E-state index is 0.0574. The van der Waals surface area contributed by atoms with Crippen LogP contribution in [0, 0.1) is 29.1 Å². The summed E-state index contributed by atoms with van der Waals surface area (Å²) >= 11 is 0. The molecule has 1 saturated carbocycles. The standard InChI is InChI=1S/C32H47N5O7/c1-19(2)15-23(34-29(41)43-18-20-11-9-8-10-12-20)28(40)36-17-22-24(32(22,6)7)25(36)27(39)35-37(30(42)44-31(3,4)5)16-21-13-14-33-26(21)38/h8-12,19,21-25H,13-18H2,1-7H3,(H,33,38)(H,34,41)(H,35,39)/t21-,22-,23?,24-,25-/m0/s1. The Morgan fingerprint density at radius 2 is 1.82 bits per heavy atom. The zero-order valence-corrected chi connectivity index (χ0v) is 26.8. The Morgan fingerprint density at radius 1 is 1.14 bits per heavy atom. The predicted octanol–water partition coefficient (Wildman–Crippen LogP) is 3.21. The van der Waals surface area contributed by atoms with Crippen molar-refractivity contribution in [2.75, 3.05) is 19.6 Å². The molecule has 1 aromatic carbocycles. The maximum atomic E-state index is 14.0. The minimum atomic E-state index is -0.904. The number of carbonyl (C=O) groups excluding carboxylic acids is 5. The van der Waals surface area contributed by atoms with Gasteiger partial charge >= 0.3 is 12.2 Å². The molecule has 0 radical (unpaired) electrons. The number of rotatable bonds is 9. The van der Waals surface area contributed by atoms with Crippen molar-refractivity contribution in [3.8, 4) is 0 Å². The lowest BCUT2D eigenvalue weighted by Crippen LogP contribution is -2.59. The highest BCUT2D eigenvalue weighted by molar-refractivity contribution is 5.93. The quantitative estimate of drug-likeness (QED) is 0.363. The van der Waals surface area contributed by atoms with E-state index in [2.05, 4.69) is 29.9 Å². The molecule has 1 unspecified atom stereocenters. The monoisotopic (exact) mass is 613 g/mol. The van der Waals surface area contributed by atoms with Crippen molar-refractivity contribution in [1.29, 1.82) is 0 Å². The second-order valence-electron chi connectivity index (χ2n) is 14.1. The Labute approximate surface area is 259 Å². The molecule has 5 amide bonds. The molecule has 242 valence electrons. The normalized spacial score (nSPS) is 24.2. The smallest absolute Gasteiger partial charge is 0.429 e. The first-order chi connectivity index (χ1) is 20.6. The van der Waals surface area contributed by atoms with Crippen molar-refractivity contribution in [2.45, 2.75) is 85.6 Å². The lowest BCUT2D eigenvalue weighted by Gasteiger charge is -2.35. The number of ether oxygens (including phenoxy) is 2. The van der Waals surface area contributed by atoms with Crippen LogP contribution in [0.5, 0.6) is 0 Å². The van der Waals surface area contributed by atoms with Gasteiger partial charge in [-0.1, -0.05) is 58.0 Å². The van der Waals surface area contributed by atoms with E-state index in [4.69, 9.17) is 9.47 Å². The average Bonchev–Trinajstić information content (AvgIpc) is 3.27. The summed E-state index contributed by atoms with van der Waals surface area (Å²) in [7, 11) is 0. The fourth-order valence-electron chi connectivity index (χ4n) is 6.33. The Kier molecular flexibility index (Phi) is 9.80. The number of likely N-dealkylation sites (tertiary alicyclic amines) is 1. The highest BCUT2D eigenvalue weighted by atomic mass is 16.6. The molecule has 1 aliphatic carbocycles. The van der Waals surface area contributed by atoms with E-state index >= 15 is 0 Å². The Morgan fingerprint density at radius 3 is 2.41 bits per heavy atom. The summed E-state index contributed by atoms with van der Waals surface area (Å²) in [5.74, 6) is -1.59. The average molecular weight is 614 g/mol. The molecule has 0 aromatic heterocycles. The Hall–Kier alpha value is -3.83. The molecule has 3 fully saturated rings. The molecule has 3 aliphatic rings. The van der Waals surface area contributed by atoms with E-state index in [0.29, 0.717) is 25.9 Å². The van der Waals surface area contributed by atoms with Gasteiger partial charge in [-0.3, -0.25) is 19.8 Å². The van der Waals surface area contributed by atoms with Crippen LogP contribution in [0.2, 0.25) is 0 Å². The number of hydrogen-bond acceptors (Lipinski definition) is 7. The summed E-state index contributed by atoms with van der Waals surface area (Å²) in [5, 5.41) is 6.54. The minimum Gasteiger partial charge on any atom is -0.445 e. The number of nitrogens with one attached hydrogen (secondary N) is 3. The van der Waals surface area contributed by atoms with E-state index in [9.17, 15) is 24.0 Å². The van der Waals surface area contributed by atoms with Crippen LogP contribution in [0.25, 0.3) is 0 Å². The summed E-state index contributed by atoms with van der Waals surface area (Å²) in [4.78, 5) is 67.8. The van der Waals surface area contributed by atoms with E-state index in [1.807, 2.05) is 44.2 Å². The van der Waals surface area contributed by atoms with Crippen molar-refractivity contribution in [3.05, 3.63) is 35.9 Å². The van der Waals surface area contributed by atoms with Gasteiger partial charge in [0.15, 0.2) is 0 Å². The largest absolute Gasteiger partial charge is 0.445 e. The summed E-state index contributed by atoms with van der Waals surface area (Å²) in [6.45, 7) is 14.0. The lowest BCUT2D eigenvalue weighted by molar-refractivity contribution is -0.144. The van der Waals surface area contributed by atoms with Crippen LogP contribution in [0.4, 0.5) is 9.59 Å². The van der Waals surface area contributed by atoms with Crippen molar-refractivity contribution in [3.63, 3.8) is 0 Å². The van der Waals surface area contributed by atoms with Gasteiger partial charge in [0.1, 0.15) is 24.3 Å². The van der Waals surface area contributed by atoms with Crippen LogP contribution in [0.3, 0.4) is 0 Å². The summed E-state index contributed by atoms with van der Waals surface area (Å²) in [6.07, 6.45) is -0.634. The molecule has 0 bridgehead atoms. The Bertz CT molecular complexity index is 1250. The fraction of sp³-hybridized carbons (Fsp3) is 0.656. The number of piperidine rings is 1. The molecule has 2 saturated heterocycles. The first-order valence-corrected chi connectivity index (χ1v) is 15.4. The number of alkyl carbamates (subject to hydrolysis) is 1. The highest BCUT2D eigenvalue weighted by Gasteiger charge is 2.69. The number of hydrazine groups is 1. The van der Waals surface area contributed by atoms with E-state index in [-0.39, 0.29) is 48.1 Å². The maximum absolute atomic E-state index is 14.0. The summed E-state index contributed by atoms with van der Waals surface area (Å²) < 4.78 is 10.9. The van der Waals surface area contributed by atoms with Gasteiger partial charge in [0, 0.05) is 13.1 Å². The molecule has 3 N–H and O–H groups in total. The zero-order valence-electron chi connectivity index (χ0n) is 26.8. The fourth-order valence-corrected chi connectivity index (χ4v) is 6.33. The molecular weight excluding hydrogens is 566 g/mol. The van der Waals surface area contributed by atoms with E-state index < -0.39 is 41.7 Å². The molecular formula is C32H47N5O7. The van der Waals surface area contributed by atoms with Gasteiger partial charge in [0.05, 0.1) is 12.5 Å². The van der Waals surface area contributed by atoms with Crippen LogP contribution in [0.1, 0.15) is 66.9 Å². The number of amides is 5. The second-order valence-corrected chi connectivity index (χ2v) is 14.1. The molecule has 12 heteroatoms. The maximum Gasteiger partial charge on any atom is 0.429 e. The van der Waals surface area contributed by atoms with Crippen LogP contribution in [0.15, 0.2) is 30.3 Å². The van der Waals surface area contributed by atoms with Crippen molar-refractivity contribution in [2.24, 2.45) is 29.1 Å². The van der Waals surface area contributed by atoms with Gasteiger partial charge in [0.2, 0.25) is 11.8 Å². The molecule has 1 aromatic rings. The molecule has 12 nitrogen and oxygen atoms in total. The molecule has 0 spiro atoms. The van der Waals surface area contributed by atoms with Gasteiger partial charge in [-0.05, 0) is 62.3 Å². The molecule has 2 heterocycles. The molecule has 4 rings (SSSR count). The first-order valence-electron chi connectivity index (χ1n) is 15.4. The van der Waals surface area contributed by atoms with Crippen molar-refractivity contribution in [1.82, 2.24) is 26.0 Å². The van der Waals surface area contributed by atoms with Gasteiger partial charge in [-0.15, -0.1) is 0 Å². The van der Waals surface area contributed by atoms with E-state index in [0.717, 1.165) is 10.6 Å². The second kappa shape index (κ2) is 13.0. The SMILES string of the molecule is CC(C)CC(NC(=O)OCc1ccccc1)C(=O)N1C[C@H]2[C@@H]([C@H]1C(=O)NN(C[C@@H]1CCNC1=O)C(=O)OC(C)(C)C)C2(C)C.